The first kappa shape index (κ1) is 11.3. The molecule has 0 aromatic rings. The van der Waals surface area contributed by atoms with Crippen LogP contribution in [0.1, 0.15) is 0 Å². The molecule has 88 valence electrons. The van der Waals surface area contributed by atoms with Gasteiger partial charge in [0.05, 0.1) is 0 Å². The van der Waals surface area contributed by atoms with Crippen LogP contribution in [0.3, 0.4) is 0 Å². The van der Waals surface area contributed by atoms with Gasteiger partial charge in [-0.2, -0.15) is 17.0 Å². The smallest absolute Gasteiger partial charge is 0.281 e. The molecule has 0 radical (unpaired) electrons. The summed E-state index contributed by atoms with van der Waals surface area (Å²) in [5, 5.41) is 0. The van der Waals surface area contributed by atoms with Crippen molar-refractivity contribution in [3.05, 3.63) is 0 Å². The fourth-order valence-corrected chi connectivity index (χ4v) is 3.83. The molecule has 5 nitrogen and oxygen atoms in total. The third-order valence-electron chi connectivity index (χ3n) is 3.42. The van der Waals surface area contributed by atoms with Crippen molar-refractivity contribution < 1.29 is 8.42 Å². The number of hydrogen-bond acceptors (Lipinski definition) is 3. The van der Waals surface area contributed by atoms with E-state index in [1.807, 2.05) is 0 Å². The highest BCUT2D eigenvalue weighted by atomic mass is 32.2. The van der Waals surface area contributed by atoms with Crippen LogP contribution in [0.2, 0.25) is 0 Å². The van der Waals surface area contributed by atoms with E-state index < -0.39 is 10.2 Å². The van der Waals surface area contributed by atoms with Gasteiger partial charge in [0.1, 0.15) is 0 Å². The van der Waals surface area contributed by atoms with Gasteiger partial charge >= 0.3 is 0 Å². The number of likely N-dealkylation sites (tertiary alicyclic amines) is 1. The molecule has 2 unspecified atom stereocenters. The maximum atomic E-state index is 11.9. The largest absolute Gasteiger partial charge is 0.306 e. The van der Waals surface area contributed by atoms with E-state index in [1.54, 1.807) is 18.4 Å². The minimum absolute atomic E-state index is 0.532. The fraction of sp³-hybridized carbons (Fsp3) is 1.00. The van der Waals surface area contributed by atoms with Crippen molar-refractivity contribution in [2.75, 3.05) is 47.3 Å². The number of rotatable bonds is 2. The van der Waals surface area contributed by atoms with Crippen molar-refractivity contribution in [1.82, 2.24) is 13.5 Å². The summed E-state index contributed by atoms with van der Waals surface area (Å²) in [7, 11) is 2.10. The van der Waals surface area contributed by atoms with E-state index in [9.17, 15) is 8.42 Å². The highest BCUT2D eigenvalue weighted by molar-refractivity contribution is 7.86. The molecule has 2 fully saturated rings. The maximum absolute atomic E-state index is 11.9. The molecule has 2 aliphatic rings. The van der Waals surface area contributed by atoms with Gasteiger partial charge in [-0.05, 0) is 18.9 Å². The zero-order valence-corrected chi connectivity index (χ0v) is 10.4. The Morgan fingerprint density at radius 1 is 1.07 bits per heavy atom. The predicted molar refractivity (Wildman–Crippen MR) is 58.7 cm³/mol. The molecule has 2 aliphatic heterocycles. The molecular formula is C9H19N3O2S. The number of fused-ring (bicyclic) bond motifs is 1. The summed E-state index contributed by atoms with van der Waals surface area (Å²) in [5.41, 5.74) is 0. The third kappa shape index (κ3) is 1.91. The lowest BCUT2D eigenvalue weighted by Gasteiger charge is -2.22. The van der Waals surface area contributed by atoms with Gasteiger partial charge in [-0.15, -0.1) is 0 Å². The molecule has 0 aromatic heterocycles. The van der Waals surface area contributed by atoms with Crippen LogP contribution in [0, 0.1) is 11.8 Å². The van der Waals surface area contributed by atoms with E-state index in [4.69, 9.17) is 0 Å². The van der Waals surface area contributed by atoms with E-state index in [-0.39, 0.29) is 0 Å². The van der Waals surface area contributed by atoms with Crippen molar-refractivity contribution in [3.63, 3.8) is 0 Å². The van der Waals surface area contributed by atoms with Crippen LogP contribution in [0.15, 0.2) is 0 Å². The van der Waals surface area contributed by atoms with Crippen molar-refractivity contribution in [2.24, 2.45) is 11.8 Å². The zero-order valence-electron chi connectivity index (χ0n) is 9.55. The third-order valence-corrected chi connectivity index (χ3v) is 5.30. The molecule has 0 N–H and O–H groups in total. The molecule has 15 heavy (non-hydrogen) atoms. The molecular weight excluding hydrogens is 214 g/mol. The highest BCUT2D eigenvalue weighted by Gasteiger charge is 2.43. The van der Waals surface area contributed by atoms with E-state index in [2.05, 4.69) is 11.9 Å². The molecule has 0 spiro atoms. The monoisotopic (exact) mass is 233 g/mol. The van der Waals surface area contributed by atoms with Gasteiger partial charge < -0.3 is 4.90 Å². The molecule has 0 aromatic carbocycles. The zero-order chi connectivity index (χ0) is 11.2. The second-order valence-corrected chi connectivity index (χ2v) is 6.99. The molecule has 2 saturated heterocycles. The Balaban J connectivity index is 2.07. The lowest BCUT2D eigenvalue weighted by molar-refractivity contribution is 0.339. The Bertz CT molecular complexity index is 327. The van der Waals surface area contributed by atoms with Crippen molar-refractivity contribution in [3.8, 4) is 0 Å². The number of hydrogen-bond donors (Lipinski definition) is 0. The first-order chi connectivity index (χ1) is 6.91. The van der Waals surface area contributed by atoms with Gasteiger partial charge in [0.25, 0.3) is 10.2 Å². The van der Waals surface area contributed by atoms with Crippen LogP contribution in [-0.2, 0) is 10.2 Å². The molecule has 6 heteroatoms. The van der Waals surface area contributed by atoms with Crippen LogP contribution in [0.5, 0.6) is 0 Å². The van der Waals surface area contributed by atoms with Gasteiger partial charge in [-0.3, -0.25) is 0 Å². The summed E-state index contributed by atoms with van der Waals surface area (Å²) < 4.78 is 26.7. The Kier molecular flexibility index (Phi) is 2.79. The average Bonchev–Trinajstić information content (AvgIpc) is 2.60. The van der Waals surface area contributed by atoms with Gasteiger partial charge in [0, 0.05) is 40.3 Å². The van der Waals surface area contributed by atoms with Gasteiger partial charge in [-0.1, -0.05) is 0 Å². The minimum Gasteiger partial charge on any atom is -0.306 e. The molecule has 2 atom stereocenters. The quantitative estimate of drug-likeness (QED) is 0.632. The first-order valence-corrected chi connectivity index (χ1v) is 6.67. The van der Waals surface area contributed by atoms with Gasteiger partial charge in [0.15, 0.2) is 0 Å². The second kappa shape index (κ2) is 3.69. The standard InChI is InChI=1S/C9H19N3O2S/c1-10(2)15(13,14)12-6-8-4-11(3)5-9(8)7-12/h8-9H,4-7H2,1-3H3. The minimum atomic E-state index is -3.19. The van der Waals surface area contributed by atoms with Crippen LogP contribution >= 0.6 is 0 Å². The summed E-state index contributed by atoms with van der Waals surface area (Å²) in [6.07, 6.45) is 0. The average molecular weight is 233 g/mol. The summed E-state index contributed by atoms with van der Waals surface area (Å²) >= 11 is 0. The maximum Gasteiger partial charge on any atom is 0.281 e. The first-order valence-electron chi connectivity index (χ1n) is 5.27. The van der Waals surface area contributed by atoms with E-state index >= 15 is 0 Å². The molecule has 0 saturated carbocycles. The second-order valence-electron chi connectivity index (χ2n) is 4.85. The van der Waals surface area contributed by atoms with Gasteiger partial charge in [0.2, 0.25) is 0 Å². The summed E-state index contributed by atoms with van der Waals surface area (Å²) in [6.45, 7) is 3.44. The SMILES string of the molecule is CN1CC2CN(S(=O)(=O)N(C)C)CC2C1. The Hall–Kier alpha value is -0.170. The predicted octanol–water partition coefficient (Wildman–Crippen LogP) is -0.714. The molecule has 2 rings (SSSR count). The van der Waals surface area contributed by atoms with E-state index in [0.717, 1.165) is 13.1 Å². The van der Waals surface area contributed by atoms with Crippen molar-refractivity contribution in [2.45, 2.75) is 0 Å². The lowest BCUT2D eigenvalue weighted by atomic mass is 10.0. The van der Waals surface area contributed by atoms with Crippen molar-refractivity contribution >= 4 is 10.2 Å². The van der Waals surface area contributed by atoms with Crippen LogP contribution in [0.4, 0.5) is 0 Å². The van der Waals surface area contributed by atoms with Crippen LogP contribution < -0.4 is 0 Å². The van der Waals surface area contributed by atoms with Crippen LogP contribution in [0.25, 0.3) is 0 Å². The number of nitrogens with zero attached hydrogens (tertiary/aromatic N) is 3. The van der Waals surface area contributed by atoms with Gasteiger partial charge in [-0.25, -0.2) is 0 Å². The Morgan fingerprint density at radius 2 is 1.53 bits per heavy atom. The summed E-state index contributed by atoms with van der Waals surface area (Å²) in [5.74, 6) is 1.06. The Labute approximate surface area is 91.8 Å². The molecule has 2 heterocycles. The fourth-order valence-electron chi connectivity index (χ4n) is 2.60. The van der Waals surface area contributed by atoms with E-state index in [0.29, 0.717) is 24.9 Å². The lowest BCUT2D eigenvalue weighted by Crippen LogP contribution is -2.40. The topological polar surface area (TPSA) is 43.9 Å². The molecule has 0 amide bonds. The van der Waals surface area contributed by atoms with Crippen molar-refractivity contribution in [1.29, 1.82) is 0 Å². The molecule has 0 bridgehead atoms. The summed E-state index contributed by atoms with van der Waals surface area (Å²) in [6, 6.07) is 0. The van der Waals surface area contributed by atoms with E-state index in [1.165, 1.54) is 4.31 Å². The van der Waals surface area contributed by atoms with Crippen LogP contribution in [-0.4, -0.2) is 69.3 Å². The Morgan fingerprint density at radius 3 is 1.93 bits per heavy atom. The highest BCUT2D eigenvalue weighted by Crippen LogP contribution is 2.31. The summed E-state index contributed by atoms with van der Waals surface area (Å²) in [4.78, 5) is 2.29. The molecule has 0 aliphatic carbocycles. The normalized spacial score (nSPS) is 33.9.